The Kier molecular flexibility index (Phi) is 2.66. The number of aromatic amines is 1. The van der Waals surface area contributed by atoms with Crippen LogP contribution in [0.4, 0.5) is 5.95 Å². The third-order valence-electron chi connectivity index (χ3n) is 3.60. The molecule has 2 amide bonds. The van der Waals surface area contributed by atoms with Gasteiger partial charge in [-0.3, -0.25) is 9.59 Å². The highest BCUT2D eigenvalue weighted by Crippen LogP contribution is 2.27. The van der Waals surface area contributed by atoms with Crippen molar-refractivity contribution in [1.82, 2.24) is 9.97 Å². The van der Waals surface area contributed by atoms with Crippen LogP contribution in [0.5, 0.6) is 0 Å². The number of nitrogens with zero attached hydrogens (tertiary/aromatic N) is 2. The monoisotopic (exact) mass is 289 g/mol. The van der Waals surface area contributed by atoms with E-state index >= 15 is 0 Å². The van der Waals surface area contributed by atoms with Gasteiger partial charge in [0.1, 0.15) is 0 Å². The summed E-state index contributed by atoms with van der Waals surface area (Å²) in [7, 11) is 0. The highest BCUT2D eigenvalue weighted by Gasteiger charge is 2.34. The van der Waals surface area contributed by atoms with Gasteiger partial charge in [-0.25, -0.2) is 9.88 Å². The molecule has 0 aliphatic carbocycles. The topological polar surface area (TPSA) is 66.1 Å². The molecule has 5 heteroatoms. The molecule has 2 heterocycles. The summed E-state index contributed by atoms with van der Waals surface area (Å²) >= 11 is 0. The zero-order valence-electron chi connectivity index (χ0n) is 11.5. The van der Waals surface area contributed by atoms with E-state index in [0.29, 0.717) is 11.1 Å². The molecule has 2 aromatic carbocycles. The summed E-state index contributed by atoms with van der Waals surface area (Å²) in [6, 6.07) is 16.5. The average molecular weight is 289 g/mol. The number of imidazole rings is 1. The molecule has 0 saturated heterocycles. The molecule has 0 unspecified atom stereocenters. The summed E-state index contributed by atoms with van der Waals surface area (Å²) in [4.78, 5) is 33.2. The molecule has 0 bridgehead atoms. The van der Waals surface area contributed by atoms with Crippen LogP contribution in [0, 0.1) is 0 Å². The van der Waals surface area contributed by atoms with E-state index in [1.165, 1.54) is 6.08 Å². The van der Waals surface area contributed by atoms with Crippen LogP contribution in [0.15, 0.2) is 60.7 Å². The zero-order valence-corrected chi connectivity index (χ0v) is 11.5. The predicted molar refractivity (Wildman–Crippen MR) is 83.0 cm³/mol. The molecule has 22 heavy (non-hydrogen) atoms. The number of fused-ring (bicyclic) bond motifs is 1. The van der Waals surface area contributed by atoms with Gasteiger partial charge in [-0.05, 0) is 17.7 Å². The van der Waals surface area contributed by atoms with Crippen molar-refractivity contribution in [2.24, 2.45) is 0 Å². The molecule has 4 rings (SSSR count). The number of H-pyrrole nitrogens is 1. The van der Waals surface area contributed by atoms with E-state index in [0.717, 1.165) is 16.0 Å². The number of nitrogens with one attached hydrogen (secondary N) is 1. The minimum Gasteiger partial charge on any atom is -0.323 e. The average Bonchev–Trinajstić information content (AvgIpc) is 3.08. The summed E-state index contributed by atoms with van der Waals surface area (Å²) in [6.45, 7) is 0. The van der Waals surface area contributed by atoms with Gasteiger partial charge in [-0.2, -0.15) is 0 Å². The van der Waals surface area contributed by atoms with Gasteiger partial charge in [0.05, 0.1) is 16.6 Å². The van der Waals surface area contributed by atoms with Gasteiger partial charge in [0.2, 0.25) is 5.95 Å². The minimum absolute atomic E-state index is 0.249. The lowest BCUT2D eigenvalue weighted by atomic mass is 10.1. The highest BCUT2D eigenvalue weighted by molar-refractivity contribution is 6.43. The molecule has 1 aliphatic rings. The van der Waals surface area contributed by atoms with Crippen LogP contribution in [-0.2, 0) is 9.59 Å². The molecule has 0 atom stereocenters. The van der Waals surface area contributed by atoms with Crippen molar-refractivity contribution in [1.29, 1.82) is 0 Å². The Bertz CT molecular complexity index is 892. The van der Waals surface area contributed by atoms with E-state index in [4.69, 9.17) is 0 Å². The van der Waals surface area contributed by atoms with E-state index in [2.05, 4.69) is 9.97 Å². The zero-order chi connectivity index (χ0) is 15.1. The fraction of sp³-hybridized carbons (Fsp3) is 0. The molecule has 1 aromatic heterocycles. The van der Waals surface area contributed by atoms with Gasteiger partial charge in [0, 0.05) is 6.08 Å². The first-order valence-corrected chi connectivity index (χ1v) is 6.84. The Balaban J connectivity index is 1.75. The van der Waals surface area contributed by atoms with E-state index in [9.17, 15) is 9.59 Å². The van der Waals surface area contributed by atoms with Crippen LogP contribution >= 0.6 is 0 Å². The lowest BCUT2D eigenvalue weighted by Crippen LogP contribution is -2.31. The van der Waals surface area contributed by atoms with Gasteiger partial charge in [-0.1, -0.05) is 42.5 Å². The number of carbonyl (C=O) groups is 2. The number of hydrogen-bond acceptors (Lipinski definition) is 3. The first-order chi connectivity index (χ1) is 10.7. The fourth-order valence-corrected chi connectivity index (χ4v) is 2.54. The van der Waals surface area contributed by atoms with Gasteiger partial charge in [0.25, 0.3) is 11.8 Å². The number of imide groups is 1. The Hall–Kier alpha value is -3.21. The van der Waals surface area contributed by atoms with Crippen molar-refractivity contribution in [2.45, 2.75) is 0 Å². The first kappa shape index (κ1) is 12.5. The summed E-state index contributed by atoms with van der Waals surface area (Å²) in [6.07, 6.45) is 1.35. The van der Waals surface area contributed by atoms with E-state index in [-0.39, 0.29) is 17.8 Å². The second-order valence-corrected chi connectivity index (χ2v) is 4.98. The van der Waals surface area contributed by atoms with Crippen LogP contribution in [0.1, 0.15) is 5.56 Å². The van der Waals surface area contributed by atoms with Crippen molar-refractivity contribution in [2.75, 3.05) is 4.90 Å². The Labute approximate surface area is 125 Å². The second-order valence-electron chi connectivity index (χ2n) is 4.98. The van der Waals surface area contributed by atoms with Crippen LogP contribution in [0.25, 0.3) is 16.6 Å². The number of aromatic nitrogens is 2. The largest absolute Gasteiger partial charge is 0.323 e. The quantitative estimate of drug-likeness (QED) is 0.737. The van der Waals surface area contributed by atoms with Gasteiger partial charge in [0.15, 0.2) is 0 Å². The Morgan fingerprint density at radius 2 is 1.64 bits per heavy atom. The summed E-state index contributed by atoms with van der Waals surface area (Å²) in [5.41, 5.74) is 2.60. The summed E-state index contributed by atoms with van der Waals surface area (Å²) < 4.78 is 0. The van der Waals surface area contributed by atoms with Gasteiger partial charge in [-0.15, -0.1) is 0 Å². The third-order valence-corrected chi connectivity index (χ3v) is 3.60. The number of anilines is 1. The lowest BCUT2D eigenvalue weighted by Gasteiger charge is -2.10. The highest BCUT2D eigenvalue weighted by atomic mass is 16.2. The third kappa shape index (κ3) is 1.83. The second kappa shape index (κ2) is 4.66. The van der Waals surface area contributed by atoms with Crippen molar-refractivity contribution in [3.8, 4) is 0 Å². The number of benzene rings is 2. The Morgan fingerprint density at radius 1 is 0.909 bits per heavy atom. The van der Waals surface area contributed by atoms with Crippen molar-refractivity contribution < 1.29 is 9.59 Å². The number of amides is 2. The fourth-order valence-electron chi connectivity index (χ4n) is 2.54. The van der Waals surface area contributed by atoms with Gasteiger partial charge < -0.3 is 4.98 Å². The number of rotatable bonds is 2. The molecule has 1 aliphatic heterocycles. The summed E-state index contributed by atoms with van der Waals surface area (Å²) in [5.74, 6) is -0.503. The molecule has 0 saturated carbocycles. The molecule has 0 radical (unpaired) electrons. The molecule has 5 nitrogen and oxygen atoms in total. The van der Waals surface area contributed by atoms with Crippen LogP contribution in [0.3, 0.4) is 0 Å². The molecular formula is C17H11N3O2. The van der Waals surface area contributed by atoms with Crippen LogP contribution in [-0.4, -0.2) is 21.8 Å². The number of para-hydroxylation sites is 2. The molecule has 3 aromatic rings. The molecular weight excluding hydrogens is 278 g/mol. The first-order valence-electron chi connectivity index (χ1n) is 6.84. The normalized spacial score (nSPS) is 14.7. The maximum atomic E-state index is 12.6. The molecule has 1 N–H and O–H groups in total. The SMILES string of the molecule is O=C1C=C(c2ccccc2)C(=O)N1c1nc2ccccc2[nH]1. The van der Waals surface area contributed by atoms with E-state index in [1.807, 2.05) is 42.5 Å². The van der Waals surface area contributed by atoms with E-state index in [1.54, 1.807) is 12.1 Å². The predicted octanol–water partition coefficient (Wildman–Crippen LogP) is 2.52. The minimum atomic E-state index is -0.386. The molecule has 106 valence electrons. The Morgan fingerprint density at radius 3 is 2.41 bits per heavy atom. The van der Waals surface area contributed by atoms with Crippen LogP contribution in [0.2, 0.25) is 0 Å². The number of hydrogen-bond donors (Lipinski definition) is 1. The lowest BCUT2D eigenvalue weighted by molar-refractivity contribution is -0.119. The summed E-state index contributed by atoms with van der Waals surface area (Å²) in [5, 5.41) is 0. The maximum absolute atomic E-state index is 12.6. The van der Waals surface area contributed by atoms with Crippen molar-refractivity contribution >= 4 is 34.4 Å². The smallest absolute Gasteiger partial charge is 0.268 e. The van der Waals surface area contributed by atoms with Crippen molar-refractivity contribution in [3.63, 3.8) is 0 Å². The molecule has 0 fully saturated rings. The van der Waals surface area contributed by atoms with E-state index < -0.39 is 0 Å². The van der Waals surface area contributed by atoms with Crippen LogP contribution < -0.4 is 4.90 Å². The van der Waals surface area contributed by atoms with Crippen molar-refractivity contribution in [3.05, 3.63) is 66.2 Å². The standard InChI is InChI=1S/C17H11N3O2/c21-15-10-12(11-6-2-1-3-7-11)16(22)20(15)17-18-13-8-4-5-9-14(13)19-17/h1-10H,(H,18,19). The number of carbonyl (C=O) groups excluding carboxylic acids is 2. The maximum Gasteiger partial charge on any atom is 0.268 e. The van der Waals surface area contributed by atoms with Gasteiger partial charge >= 0.3 is 0 Å². The molecule has 0 spiro atoms.